The lowest BCUT2D eigenvalue weighted by molar-refractivity contribution is 1.17. The third-order valence-corrected chi connectivity index (χ3v) is 12.3. The molecule has 8 aromatic carbocycles. The first-order chi connectivity index (χ1) is 31.2. The Kier molecular flexibility index (Phi) is 8.79. The van der Waals surface area contributed by atoms with E-state index in [-0.39, 0.29) is 0 Å². The molecule has 0 unspecified atom stereocenters. The second kappa shape index (κ2) is 15.2. The molecule has 0 amide bonds. The summed E-state index contributed by atoms with van der Waals surface area (Å²) in [6, 6.07) is 76.0. The Hall–Kier alpha value is -8.47. The van der Waals surface area contributed by atoms with Gasteiger partial charge in [-0.3, -0.25) is 9.97 Å². The molecule has 0 aliphatic heterocycles. The van der Waals surface area contributed by atoms with Crippen LogP contribution in [0.3, 0.4) is 0 Å². The first-order valence-electron chi connectivity index (χ1n) is 21.3. The molecule has 0 saturated heterocycles. The standard InChI is InChI=1S/C59H38N4/c1-2-9-39(10-3-1)45-22-23-48-33-49(25-24-47(48)32-45)51-36-56(62-57(37-51)55-15-6-7-29-61-55)42-19-16-41(17-20-42)50-26-27-58-54(35-50)53-28-30-60-38-59(53)63(58)52-14-8-13-44(34-52)46-21-18-40-11-4-5-12-43(40)31-46/h1-38H. The fourth-order valence-electron chi connectivity index (χ4n) is 9.08. The summed E-state index contributed by atoms with van der Waals surface area (Å²) in [5.41, 5.74) is 16.3. The molecule has 0 N–H and O–H groups in total. The smallest absolute Gasteiger partial charge is 0.0899 e. The molecule has 12 rings (SSSR count). The van der Waals surface area contributed by atoms with Crippen LogP contribution < -0.4 is 0 Å². The normalized spacial score (nSPS) is 11.5. The topological polar surface area (TPSA) is 43.6 Å². The van der Waals surface area contributed by atoms with E-state index in [1.54, 1.807) is 0 Å². The molecular weight excluding hydrogens is 765 g/mol. The van der Waals surface area contributed by atoms with Crippen molar-refractivity contribution in [2.45, 2.75) is 0 Å². The van der Waals surface area contributed by atoms with Gasteiger partial charge in [-0.05, 0) is 139 Å². The number of nitrogens with zero attached hydrogens (tertiary/aromatic N) is 4. The van der Waals surface area contributed by atoms with Crippen molar-refractivity contribution < 1.29 is 0 Å². The molecule has 4 heteroatoms. The van der Waals surface area contributed by atoms with Crippen LogP contribution in [0.5, 0.6) is 0 Å². The minimum absolute atomic E-state index is 0.839. The number of hydrogen-bond acceptors (Lipinski definition) is 3. The molecule has 4 nitrogen and oxygen atoms in total. The highest BCUT2D eigenvalue weighted by atomic mass is 15.0. The Labute approximate surface area is 365 Å². The molecule has 63 heavy (non-hydrogen) atoms. The number of hydrogen-bond donors (Lipinski definition) is 0. The van der Waals surface area contributed by atoms with Crippen molar-refractivity contribution >= 4 is 43.4 Å². The lowest BCUT2D eigenvalue weighted by atomic mass is 9.96. The van der Waals surface area contributed by atoms with Gasteiger partial charge in [-0.2, -0.15) is 0 Å². The summed E-state index contributed by atoms with van der Waals surface area (Å²) in [6.07, 6.45) is 5.69. The molecular formula is C59H38N4. The average molecular weight is 803 g/mol. The second-order valence-corrected chi connectivity index (χ2v) is 16.1. The molecule has 12 aromatic rings. The SMILES string of the molecule is c1ccc(-c2ccc3cc(-c4cc(-c5ccc(-c6ccc7c(c6)c6ccncc6n7-c6cccc(-c7ccc8ccccc8c7)c6)cc5)nc(-c5ccccn5)c4)ccc3c2)cc1. The van der Waals surface area contributed by atoms with E-state index in [1.807, 2.05) is 36.8 Å². The van der Waals surface area contributed by atoms with E-state index in [0.717, 1.165) is 61.6 Å². The summed E-state index contributed by atoms with van der Waals surface area (Å²) < 4.78 is 2.34. The van der Waals surface area contributed by atoms with E-state index in [0.29, 0.717) is 0 Å². The Balaban J connectivity index is 0.898. The molecule has 0 aliphatic carbocycles. The second-order valence-electron chi connectivity index (χ2n) is 16.1. The maximum atomic E-state index is 5.18. The lowest BCUT2D eigenvalue weighted by Crippen LogP contribution is -1.94. The van der Waals surface area contributed by atoms with Crippen molar-refractivity contribution in [1.82, 2.24) is 19.5 Å². The third kappa shape index (κ3) is 6.71. The number of benzene rings is 8. The highest BCUT2D eigenvalue weighted by molar-refractivity contribution is 6.10. The Morgan fingerprint density at radius 3 is 1.68 bits per heavy atom. The zero-order chi connectivity index (χ0) is 41.7. The van der Waals surface area contributed by atoms with Crippen LogP contribution in [0.15, 0.2) is 231 Å². The molecule has 294 valence electrons. The molecule has 0 fully saturated rings. The monoisotopic (exact) mass is 802 g/mol. The van der Waals surface area contributed by atoms with Crippen molar-refractivity contribution in [3.63, 3.8) is 0 Å². The highest BCUT2D eigenvalue weighted by Gasteiger charge is 2.16. The quantitative estimate of drug-likeness (QED) is 0.161. The Bertz CT molecular complexity index is 3670. The molecule has 0 bridgehead atoms. The van der Waals surface area contributed by atoms with Crippen LogP contribution in [-0.2, 0) is 0 Å². The number of rotatable bonds is 7. The van der Waals surface area contributed by atoms with Crippen LogP contribution in [0.4, 0.5) is 0 Å². The maximum absolute atomic E-state index is 5.18. The van der Waals surface area contributed by atoms with Gasteiger partial charge in [-0.1, -0.05) is 140 Å². The van der Waals surface area contributed by atoms with E-state index in [2.05, 4.69) is 209 Å². The Morgan fingerprint density at radius 2 is 0.889 bits per heavy atom. The number of fused-ring (bicyclic) bond motifs is 5. The first-order valence-corrected chi connectivity index (χ1v) is 21.3. The summed E-state index contributed by atoms with van der Waals surface area (Å²) in [4.78, 5) is 14.4. The van der Waals surface area contributed by atoms with Gasteiger partial charge in [0.05, 0.1) is 34.3 Å². The molecule has 0 saturated carbocycles. The van der Waals surface area contributed by atoms with Crippen molar-refractivity contribution in [3.8, 4) is 72.8 Å². The van der Waals surface area contributed by atoms with Crippen molar-refractivity contribution in [2.24, 2.45) is 0 Å². The fraction of sp³-hybridized carbons (Fsp3) is 0. The molecule has 0 atom stereocenters. The van der Waals surface area contributed by atoms with E-state index < -0.39 is 0 Å². The van der Waals surface area contributed by atoms with Crippen LogP contribution in [0, 0.1) is 0 Å². The molecule has 4 heterocycles. The highest BCUT2D eigenvalue weighted by Crippen LogP contribution is 2.38. The van der Waals surface area contributed by atoms with Crippen LogP contribution in [-0.4, -0.2) is 19.5 Å². The summed E-state index contributed by atoms with van der Waals surface area (Å²) in [5.74, 6) is 0. The van der Waals surface area contributed by atoms with E-state index in [9.17, 15) is 0 Å². The van der Waals surface area contributed by atoms with Crippen molar-refractivity contribution in [1.29, 1.82) is 0 Å². The van der Waals surface area contributed by atoms with Crippen LogP contribution >= 0.6 is 0 Å². The zero-order valence-corrected chi connectivity index (χ0v) is 34.2. The third-order valence-electron chi connectivity index (χ3n) is 12.3. The predicted molar refractivity (Wildman–Crippen MR) is 262 cm³/mol. The zero-order valence-electron chi connectivity index (χ0n) is 34.2. The molecule has 4 aromatic heterocycles. The van der Waals surface area contributed by atoms with Crippen molar-refractivity contribution in [2.75, 3.05) is 0 Å². The van der Waals surface area contributed by atoms with E-state index in [1.165, 1.54) is 54.6 Å². The van der Waals surface area contributed by atoms with Gasteiger partial charge in [0.1, 0.15) is 0 Å². The van der Waals surface area contributed by atoms with Gasteiger partial charge in [0, 0.05) is 34.4 Å². The van der Waals surface area contributed by atoms with Crippen LogP contribution in [0.25, 0.3) is 116 Å². The van der Waals surface area contributed by atoms with Gasteiger partial charge in [-0.25, -0.2) is 4.98 Å². The van der Waals surface area contributed by atoms with E-state index >= 15 is 0 Å². The number of aromatic nitrogens is 4. The fourth-order valence-corrected chi connectivity index (χ4v) is 9.08. The van der Waals surface area contributed by atoms with Gasteiger partial charge in [0.2, 0.25) is 0 Å². The Morgan fingerprint density at radius 1 is 0.302 bits per heavy atom. The minimum atomic E-state index is 0.839. The summed E-state index contributed by atoms with van der Waals surface area (Å²) in [6.45, 7) is 0. The van der Waals surface area contributed by atoms with Gasteiger partial charge < -0.3 is 4.57 Å². The molecule has 0 spiro atoms. The van der Waals surface area contributed by atoms with Crippen LogP contribution in [0.1, 0.15) is 0 Å². The summed E-state index contributed by atoms with van der Waals surface area (Å²) in [5, 5.41) is 7.24. The summed E-state index contributed by atoms with van der Waals surface area (Å²) in [7, 11) is 0. The van der Waals surface area contributed by atoms with Crippen LogP contribution in [0.2, 0.25) is 0 Å². The largest absolute Gasteiger partial charge is 0.308 e. The van der Waals surface area contributed by atoms with Gasteiger partial charge in [0.25, 0.3) is 0 Å². The van der Waals surface area contributed by atoms with Crippen molar-refractivity contribution in [3.05, 3.63) is 231 Å². The molecule has 0 radical (unpaired) electrons. The van der Waals surface area contributed by atoms with Gasteiger partial charge in [0.15, 0.2) is 0 Å². The summed E-state index contributed by atoms with van der Waals surface area (Å²) >= 11 is 0. The minimum Gasteiger partial charge on any atom is -0.308 e. The average Bonchev–Trinajstić information content (AvgIpc) is 3.70. The molecule has 0 aliphatic rings. The van der Waals surface area contributed by atoms with E-state index in [4.69, 9.17) is 4.98 Å². The van der Waals surface area contributed by atoms with Gasteiger partial charge >= 0.3 is 0 Å². The number of pyridine rings is 3. The lowest BCUT2D eigenvalue weighted by Gasteiger charge is -2.12. The predicted octanol–water partition coefficient (Wildman–Crippen LogP) is 15.3. The van der Waals surface area contributed by atoms with Gasteiger partial charge in [-0.15, -0.1) is 0 Å². The first kappa shape index (κ1) is 36.4. The maximum Gasteiger partial charge on any atom is 0.0899 e.